The van der Waals surface area contributed by atoms with Crippen LogP contribution in [0.2, 0.25) is 5.02 Å². The second-order valence-corrected chi connectivity index (χ2v) is 6.49. The molecule has 0 radical (unpaired) electrons. The molecule has 0 bridgehead atoms. The maximum atomic E-state index is 13.4. The lowest BCUT2D eigenvalue weighted by atomic mass is 9.82. The standard InChI is InChI=1S/C16H21ClFN/c17-15-7-6-14(18)10-12(15)11-16(13-4-5-13)8-2-1-3-9-19-16/h6-7,10,13,19H,1-5,8-9,11H2. The van der Waals surface area contributed by atoms with Gasteiger partial charge in [-0.15, -0.1) is 0 Å². The van der Waals surface area contributed by atoms with E-state index in [-0.39, 0.29) is 11.4 Å². The van der Waals surface area contributed by atoms with Crippen molar-refractivity contribution in [1.29, 1.82) is 0 Å². The SMILES string of the molecule is Fc1ccc(Cl)c(CC2(C3CC3)CCCCCN2)c1. The lowest BCUT2D eigenvalue weighted by Gasteiger charge is -2.35. The Morgan fingerprint density at radius 3 is 2.89 bits per heavy atom. The van der Waals surface area contributed by atoms with E-state index in [9.17, 15) is 4.39 Å². The van der Waals surface area contributed by atoms with Crippen LogP contribution in [-0.2, 0) is 6.42 Å². The lowest BCUT2D eigenvalue weighted by Crippen LogP contribution is -2.48. The van der Waals surface area contributed by atoms with Gasteiger partial charge in [-0.2, -0.15) is 0 Å². The van der Waals surface area contributed by atoms with Gasteiger partial charge in [0.15, 0.2) is 0 Å². The van der Waals surface area contributed by atoms with Gasteiger partial charge < -0.3 is 5.32 Å². The predicted molar refractivity (Wildman–Crippen MR) is 77.0 cm³/mol. The summed E-state index contributed by atoms with van der Waals surface area (Å²) >= 11 is 6.25. The quantitative estimate of drug-likeness (QED) is 0.869. The molecule has 0 amide bonds. The van der Waals surface area contributed by atoms with Crippen LogP contribution in [0, 0.1) is 11.7 Å². The van der Waals surface area contributed by atoms with Crippen molar-refractivity contribution in [3.8, 4) is 0 Å². The zero-order valence-electron chi connectivity index (χ0n) is 11.2. The van der Waals surface area contributed by atoms with Gasteiger partial charge in [-0.1, -0.05) is 24.4 Å². The average molecular weight is 282 g/mol. The molecule has 1 heterocycles. The highest BCUT2D eigenvalue weighted by Crippen LogP contribution is 2.45. The van der Waals surface area contributed by atoms with Crippen LogP contribution >= 0.6 is 11.6 Å². The molecular formula is C16H21ClFN. The molecule has 1 nitrogen and oxygen atoms in total. The summed E-state index contributed by atoms with van der Waals surface area (Å²) < 4.78 is 13.4. The van der Waals surface area contributed by atoms with Gasteiger partial charge in [0.25, 0.3) is 0 Å². The first-order valence-corrected chi connectivity index (χ1v) is 7.76. The Labute approximate surface area is 119 Å². The minimum Gasteiger partial charge on any atom is -0.311 e. The highest BCUT2D eigenvalue weighted by Gasteiger charge is 2.45. The summed E-state index contributed by atoms with van der Waals surface area (Å²) in [7, 11) is 0. The molecule has 1 saturated carbocycles. The monoisotopic (exact) mass is 281 g/mol. The second kappa shape index (κ2) is 5.41. The molecule has 1 N–H and O–H groups in total. The predicted octanol–water partition coefficient (Wildman–Crippen LogP) is 4.33. The normalized spacial score (nSPS) is 28.1. The first kappa shape index (κ1) is 13.4. The number of rotatable bonds is 3. The fourth-order valence-corrected chi connectivity index (χ4v) is 3.65. The smallest absolute Gasteiger partial charge is 0.123 e. The van der Waals surface area contributed by atoms with Crippen molar-refractivity contribution in [3.05, 3.63) is 34.6 Å². The van der Waals surface area contributed by atoms with Crippen LogP contribution in [0.5, 0.6) is 0 Å². The molecule has 19 heavy (non-hydrogen) atoms. The number of hydrogen-bond acceptors (Lipinski definition) is 1. The van der Waals surface area contributed by atoms with E-state index < -0.39 is 0 Å². The van der Waals surface area contributed by atoms with Crippen molar-refractivity contribution in [2.75, 3.05) is 6.54 Å². The van der Waals surface area contributed by atoms with E-state index >= 15 is 0 Å². The Balaban J connectivity index is 1.86. The first-order valence-electron chi connectivity index (χ1n) is 7.39. The number of halogens is 2. The van der Waals surface area contributed by atoms with Gasteiger partial charge in [0.1, 0.15) is 5.82 Å². The second-order valence-electron chi connectivity index (χ2n) is 6.08. The summed E-state index contributed by atoms with van der Waals surface area (Å²) in [5.41, 5.74) is 1.12. The van der Waals surface area contributed by atoms with Crippen molar-refractivity contribution in [2.24, 2.45) is 5.92 Å². The van der Waals surface area contributed by atoms with E-state index in [1.165, 1.54) is 44.6 Å². The van der Waals surface area contributed by atoms with E-state index in [0.29, 0.717) is 5.02 Å². The maximum Gasteiger partial charge on any atom is 0.123 e. The van der Waals surface area contributed by atoms with Crippen molar-refractivity contribution in [3.63, 3.8) is 0 Å². The summed E-state index contributed by atoms with van der Waals surface area (Å²) in [5.74, 6) is 0.573. The molecule has 1 unspecified atom stereocenters. The Morgan fingerprint density at radius 2 is 2.11 bits per heavy atom. The molecule has 1 aromatic carbocycles. The van der Waals surface area contributed by atoms with Crippen LogP contribution < -0.4 is 5.32 Å². The van der Waals surface area contributed by atoms with E-state index in [1.807, 2.05) is 0 Å². The van der Waals surface area contributed by atoms with Crippen LogP contribution in [0.1, 0.15) is 44.1 Å². The lowest BCUT2D eigenvalue weighted by molar-refractivity contribution is 0.270. The summed E-state index contributed by atoms with van der Waals surface area (Å²) in [6, 6.07) is 4.73. The van der Waals surface area contributed by atoms with Crippen LogP contribution in [0.25, 0.3) is 0 Å². The zero-order chi connectivity index (χ0) is 13.3. The highest BCUT2D eigenvalue weighted by molar-refractivity contribution is 6.31. The molecule has 1 saturated heterocycles. The van der Waals surface area contributed by atoms with Gasteiger partial charge >= 0.3 is 0 Å². The summed E-state index contributed by atoms with van der Waals surface area (Å²) in [6.07, 6.45) is 8.51. The van der Waals surface area contributed by atoms with Crippen molar-refractivity contribution in [2.45, 2.75) is 50.5 Å². The Kier molecular flexibility index (Phi) is 3.81. The molecular weight excluding hydrogens is 261 g/mol. The van der Waals surface area contributed by atoms with Gasteiger partial charge in [-0.05, 0) is 68.3 Å². The highest BCUT2D eigenvalue weighted by atomic mass is 35.5. The van der Waals surface area contributed by atoms with Gasteiger partial charge in [0.2, 0.25) is 0 Å². The van der Waals surface area contributed by atoms with E-state index in [1.54, 1.807) is 12.1 Å². The third-order valence-electron chi connectivity index (χ3n) is 4.65. The van der Waals surface area contributed by atoms with Crippen LogP contribution in [0.15, 0.2) is 18.2 Å². The van der Waals surface area contributed by atoms with E-state index in [2.05, 4.69) is 5.32 Å². The Morgan fingerprint density at radius 1 is 1.26 bits per heavy atom. The van der Waals surface area contributed by atoms with Crippen LogP contribution in [0.3, 0.4) is 0 Å². The fraction of sp³-hybridized carbons (Fsp3) is 0.625. The molecule has 104 valence electrons. The maximum absolute atomic E-state index is 13.4. The summed E-state index contributed by atoms with van der Waals surface area (Å²) in [4.78, 5) is 0. The molecule has 1 aliphatic carbocycles. The van der Waals surface area contributed by atoms with Gasteiger partial charge in [-0.3, -0.25) is 0 Å². The molecule has 1 atom stereocenters. The fourth-order valence-electron chi connectivity index (χ4n) is 3.47. The molecule has 3 heteroatoms. The van der Waals surface area contributed by atoms with Gasteiger partial charge in [-0.25, -0.2) is 4.39 Å². The van der Waals surface area contributed by atoms with Crippen molar-refractivity contribution < 1.29 is 4.39 Å². The summed E-state index contributed by atoms with van der Waals surface area (Å²) in [5, 5.41) is 4.47. The molecule has 2 fully saturated rings. The molecule has 1 aromatic rings. The Bertz CT molecular complexity index is 448. The van der Waals surface area contributed by atoms with Gasteiger partial charge in [0, 0.05) is 10.6 Å². The minimum atomic E-state index is -0.182. The topological polar surface area (TPSA) is 12.0 Å². The minimum absolute atomic E-state index is 0.161. The Hall–Kier alpha value is -0.600. The molecule has 0 spiro atoms. The van der Waals surface area contributed by atoms with Crippen LogP contribution in [0.4, 0.5) is 4.39 Å². The van der Waals surface area contributed by atoms with Crippen molar-refractivity contribution >= 4 is 11.6 Å². The number of hydrogen-bond donors (Lipinski definition) is 1. The molecule has 2 aliphatic rings. The molecule has 3 rings (SSSR count). The summed E-state index contributed by atoms with van der Waals surface area (Å²) in [6.45, 7) is 1.09. The number of benzene rings is 1. The van der Waals surface area contributed by atoms with Crippen molar-refractivity contribution in [1.82, 2.24) is 5.32 Å². The third-order valence-corrected chi connectivity index (χ3v) is 5.02. The van der Waals surface area contributed by atoms with Crippen LogP contribution in [-0.4, -0.2) is 12.1 Å². The van der Waals surface area contributed by atoms with E-state index in [4.69, 9.17) is 11.6 Å². The molecule has 1 aliphatic heterocycles. The molecule has 0 aromatic heterocycles. The van der Waals surface area contributed by atoms with E-state index in [0.717, 1.165) is 24.4 Å². The average Bonchev–Trinajstić information content (AvgIpc) is 3.20. The first-order chi connectivity index (χ1) is 9.20. The number of nitrogens with one attached hydrogen (secondary N) is 1. The largest absolute Gasteiger partial charge is 0.311 e. The third kappa shape index (κ3) is 2.95. The zero-order valence-corrected chi connectivity index (χ0v) is 12.0. The van der Waals surface area contributed by atoms with Gasteiger partial charge in [0.05, 0.1) is 0 Å².